The highest BCUT2D eigenvalue weighted by Gasteiger charge is 2.53. The van der Waals surface area contributed by atoms with Gasteiger partial charge in [0.05, 0.1) is 0 Å². The maximum Gasteiger partial charge on any atom is 0.333 e. The van der Waals surface area contributed by atoms with Crippen LogP contribution in [0.25, 0.3) is 32.9 Å². The summed E-state index contributed by atoms with van der Waals surface area (Å²) in [5.41, 5.74) is 13.4. The Morgan fingerprint density at radius 3 is 2.00 bits per heavy atom. The van der Waals surface area contributed by atoms with Gasteiger partial charge in [-0.05, 0) is 67.9 Å². The molecule has 4 heterocycles. The van der Waals surface area contributed by atoms with Gasteiger partial charge in [0, 0.05) is 44.4 Å². The van der Waals surface area contributed by atoms with Gasteiger partial charge in [0.15, 0.2) is 8.07 Å². The van der Waals surface area contributed by atoms with Crippen LogP contribution in [0.3, 0.4) is 0 Å². The third kappa shape index (κ3) is 3.03. The summed E-state index contributed by atoms with van der Waals surface area (Å²) < 4.78 is 2.67. The van der Waals surface area contributed by atoms with Crippen molar-refractivity contribution in [2.45, 2.75) is 6.92 Å². The lowest BCUT2D eigenvalue weighted by molar-refractivity contribution is 1.25. The van der Waals surface area contributed by atoms with Gasteiger partial charge in [-0.15, -0.1) is 0 Å². The molecule has 11 rings (SSSR count). The summed E-state index contributed by atoms with van der Waals surface area (Å²) in [6.45, 7) is 2.33. The van der Waals surface area contributed by atoms with Gasteiger partial charge in [-0.25, -0.2) is 0 Å². The summed E-state index contributed by atoms with van der Waals surface area (Å²) in [5.74, 6) is 0. The Kier molecular flexibility index (Phi) is 4.92. The smallest absolute Gasteiger partial charge is 0.333 e. The highest BCUT2D eigenvalue weighted by molar-refractivity contribution is 7.21. The largest absolute Gasteiger partial charge is 0.375 e. The average Bonchev–Trinajstić information content (AvgIpc) is 3.47. The van der Waals surface area contributed by atoms with Gasteiger partial charge in [-0.2, -0.15) is 0 Å². The van der Waals surface area contributed by atoms with E-state index < -0.39 is 8.07 Å². The summed E-state index contributed by atoms with van der Waals surface area (Å²) in [6.07, 6.45) is 0. The van der Waals surface area contributed by atoms with Crippen LogP contribution in [0.15, 0.2) is 158 Å². The molecule has 0 saturated carbocycles. The van der Waals surface area contributed by atoms with E-state index >= 15 is 0 Å². The van der Waals surface area contributed by atoms with E-state index in [4.69, 9.17) is 0 Å². The average molecular weight is 613 g/mol. The molecule has 0 radical (unpaired) electrons. The van der Waals surface area contributed by atoms with Crippen molar-refractivity contribution in [3.8, 4) is 11.1 Å². The fourth-order valence-corrected chi connectivity index (χ4v) is 14.6. The van der Waals surface area contributed by atoms with E-state index in [1.807, 2.05) is 0 Å². The predicted molar refractivity (Wildman–Crippen MR) is 202 cm³/mol. The summed E-state index contributed by atoms with van der Waals surface area (Å²) in [6, 6.07) is 60.0. The molecule has 0 aliphatic carbocycles. The van der Waals surface area contributed by atoms with Gasteiger partial charge >= 0.3 is 6.85 Å². The topological polar surface area (TPSA) is 8.17 Å². The van der Waals surface area contributed by atoms with E-state index in [-0.39, 0.29) is 6.85 Å². The molecule has 1 aromatic heterocycles. The van der Waals surface area contributed by atoms with Gasteiger partial charge in [0.25, 0.3) is 0 Å². The fraction of sp³-hybridized carbons (Fsp3) is 0.0233. The van der Waals surface area contributed by atoms with E-state index in [2.05, 4.69) is 174 Å². The summed E-state index contributed by atoms with van der Waals surface area (Å²) in [5, 5.41) is 8.41. The Morgan fingerprint density at radius 1 is 0.532 bits per heavy atom. The fourth-order valence-electron chi connectivity index (χ4n) is 9.44. The lowest BCUT2D eigenvalue weighted by Crippen LogP contribution is -2.78. The van der Waals surface area contributed by atoms with Gasteiger partial charge < -0.3 is 9.38 Å². The van der Waals surface area contributed by atoms with Crippen molar-refractivity contribution in [1.82, 2.24) is 4.48 Å². The first-order valence-corrected chi connectivity index (χ1v) is 18.6. The van der Waals surface area contributed by atoms with E-state index in [1.54, 1.807) is 0 Å². The number of para-hydroxylation sites is 4. The molecule has 0 unspecified atom stereocenters. The van der Waals surface area contributed by atoms with Crippen molar-refractivity contribution in [3.63, 3.8) is 0 Å². The van der Waals surface area contributed by atoms with Crippen LogP contribution in [0, 0.1) is 6.92 Å². The Labute approximate surface area is 275 Å². The molecule has 4 heteroatoms. The SMILES string of the molecule is Cc1cc2c3c(c1)N1c4ccccc4[Si](c4ccccc4)(c4ccccc4)c4cccc(c41)B3n1c3ccccc3c3cccc-2c31. The van der Waals surface area contributed by atoms with Crippen LogP contribution >= 0.6 is 0 Å². The Hall–Kier alpha value is -5.58. The van der Waals surface area contributed by atoms with Crippen molar-refractivity contribution in [2.24, 2.45) is 0 Å². The van der Waals surface area contributed by atoms with E-state index in [0.717, 1.165) is 0 Å². The molecule has 7 aromatic carbocycles. The minimum atomic E-state index is -2.73. The van der Waals surface area contributed by atoms with Crippen molar-refractivity contribution in [1.29, 1.82) is 0 Å². The minimum absolute atomic E-state index is 0.0626. The molecule has 0 atom stereocenters. The monoisotopic (exact) mass is 612 g/mol. The summed E-state index contributed by atoms with van der Waals surface area (Å²) in [7, 11) is -2.73. The highest BCUT2D eigenvalue weighted by Crippen LogP contribution is 2.46. The van der Waals surface area contributed by atoms with Crippen LogP contribution in [0.4, 0.5) is 17.1 Å². The number of rotatable bonds is 2. The van der Waals surface area contributed by atoms with Crippen LogP contribution < -0.4 is 36.6 Å². The second-order valence-corrected chi connectivity index (χ2v) is 17.0. The lowest BCUT2D eigenvalue weighted by Gasteiger charge is -2.49. The Bertz CT molecular complexity index is 2570. The molecular formula is C43H29BN2Si. The zero-order valence-corrected chi connectivity index (χ0v) is 27.0. The number of fused-ring (bicyclic) bond motifs is 9. The first-order chi connectivity index (χ1) is 23.3. The molecule has 0 amide bonds. The molecule has 2 nitrogen and oxygen atoms in total. The van der Waals surface area contributed by atoms with E-state index in [1.165, 1.54) is 87.2 Å². The van der Waals surface area contributed by atoms with E-state index in [9.17, 15) is 0 Å². The third-order valence-corrected chi connectivity index (χ3v) is 15.9. The van der Waals surface area contributed by atoms with Gasteiger partial charge in [0.2, 0.25) is 0 Å². The number of nitrogens with zero attached hydrogens (tertiary/aromatic N) is 2. The molecule has 8 aromatic rings. The lowest BCUT2D eigenvalue weighted by atomic mass is 9.45. The molecule has 47 heavy (non-hydrogen) atoms. The maximum absolute atomic E-state index is 2.73. The number of aromatic nitrogens is 1. The normalized spacial score (nSPS) is 14.6. The zero-order valence-electron chi connectivity index (χ0n) is 26.0. The van der Waals surface area contributed by atoms with Crippen molar-refractivity contribution < 1.29 is 0 Å². The molecule has 0 bridgehead atoms. The van der Waals surface area contributed by atoms with Gasteiger partial charge in [0.1, 0.15) is 0 Å². The third-order valence-electron chi connectivity index (χ3n) is 11.0. The molecule has 0 saturated heterocycles. The maximum atomic E-state index is 2.67. The van der Waals surface area contributed by atoms with E-state index in [0.29, 0.717) is 0 Å². The highest BCUT2D eigenvalue weighted by atomic mass is 28.3. The Balaban J connectivity index is 1.36. The van der Waals surface area contributed by atoms with Crippen molar-refractivity contribution in [3.05, 3.63) is 163 Å². The number of anilines is 3. The first-order valence-electron chi connectivity index (χ1n) is 16.6. The molecule has 0 fully saturated rings. The number of hydrogen-bond acceptors (Lipinski definition) is 1. The molecule has 3 aliphatic rings. The van der Waals surface area contributed by atoms with Crippen LogP contribution in [-0.2, 0) is 0 Å². The number of hydrogen-bond donors (Lipinski definition) is 0. The molecule has 0 N–H and O–H groups in total. The zero-order chi connectivity index (χ0) is 30.9. The number of benzene rings is 7. The van der Waals surface area contributed by atoms with Crippen LogP contribution in [-0.4, -0.2) is 19.4 Å². The predicted octanol–water partition coefficient (Wildman–Crippen LogP) is 6.21. The number of aryl methyl sites for hydroxylation is 1. The second kappa shape index (κ2) is 9.03. The molecule has 3 aliphatic heterocycles. The standard InChI is InChI=1S/C43H29BN2Si/c1-28-26-34-33-20-12-19-32-31-18-8-9-22-36(31)46(42(32)33)44-35-21-13-25-40-43(35)45(38(27-28)41(34)44)37-23-10-11-24-39(37)47(40,29-14-4-2-5-15-29)30-16-6-3-7-17-30/h2-27H,1H3. The van der Waals surface area contributed by atoms with Crippen LogP contribution in [0.1, 0.15) is 5.56 Å². The molecule has 218 valence electrons. The van der Waals surface area contributed by atoms with Gasteiger partial charge in [-0.1, -0.05) is 140 Å². The van der Waals surface area contributed by atoms with Crippen molar-refractivity contribution >= 4 is 85.5 Å². The Morgan fingerprint density at radius 2 is 1.19 bits per heavy atom. The first kappa shape index (κ1) is 25.6. The minimum Gasteiger partial charge on any atom is -0.375 e. The van der Waals surface area contributed by atoms with Gasteiger partial charge in [-0.3, -0.25) is 0 Å². The second-order valence-electron chi connectivity index (χ2n) is 13.3. The molecule has 0 spiro atoms. The van der Waals surface area contributed by atoms with Crippen molar-refractivity contribution in [2.75, 3.05) is 4.90 Å². The van der Waals surface area contributed by atoms with Crippen LogP contribution in [0.2, 0.25) is 0 Å². The quantitative estimate of drug-likeness (QED) is 0.211. The summed E-state index contributed by atoms with van der Waals surface area (Å²) >= 11 is 0. The summed E-state index contributed by atoms with van der Waals surface area (Å²) in [4.78, 5) is 2.64. The van der Waals surface area contributed by atoms with Crippen LogP contribution in [0.5, 0.6) is 0 Å². The molecular weight excluding hydrogens is 583 g/mol.